The van der Waals surface area contributed by atoms with Gasteiger partial charge in [-0.1, -0.05) is 0 Å². The first-order valence-electron chi connectivity index (χ1n) is 5.88. The molecule has 2 rings (SSSR count). The molecule has 5 heteroatoms. The summed E-state index contributed by atoms with van der Waals surface area (Å²) in [5.41, 5.74) is 7.84. The third-order valence-electron chi connectivity index (χ3n) is 3.52. The molecule has 0 spiro atoms. The number of rotatable bonds is 2. The molecule has 1 unspecified atom stereocenters. The number of hydrogen-bond acceptors (Lipinski definition) is 2. The monoisotopic (exact) mass is 291 g/mol. The zero-order valence-corrected chi connectivity index (χ0v) is 12.8. The van der Waals surface area contributed by atoms with E-state index in [2.05, 4.69) is 38.2 Å². The van der Waals surface area contributed by atoms with E-state index in [1.54, 1.807) is 0 Å². The van der Waals surface area contributed by atoms with Gasteiger partial charge in [-0.25, -0.2) is 0 Å². The number of benzene rings is 1. The third-order valence-corrected chi connectivity index (χ3v) is 3.52. The number of halogens is 2. The molecular weight excluding hydrogens is 269 g/mol. The largest absolute Gasteiger partial charge is 1.00 e. The Kier molecular flexibility index (Phi) is 6.27. The van der Waals surface area contributed by atoms with Crippen molar-refractivity contribution in [2.24, 2.45) is 0 Å². The Balaban J connectivity index is 0.00000144. The second kappa shape index (κ2) is 6.50. The number of quaternary nitrogens is 1. The lowest BCUT2D eigenvalue weighted by Gasteiger charge is -2.31. The molecule has 104 valence electrons. The predicted molar refractivity (Wildman–Crippen MR) is 76.8 cm³/mol. The molecule has 1 aromatic rings. The Morgan fingerprint density at radius 2 is 1.72 bits per heavy atom. The van der Waals surface area contributed by atoms with Crippen LogP contribution in [0.5, 0.6) is 0 Å². The fourth-order valence-electron chi connectivity index (χ4n) is 2.29. The van der Waals surface area contributed by atoms with E-state index in [4.69, 9.17) is 5.73 Å². The average Bonchev–Trinajstić information content (AvgIpc) is 2.67. The fourth-order valence-corrected chi connectivity index (χ4v) is 2.29. The molecule has 0 radical (unpaired) electrons. The van der Waals surface area contributed by atoms with Crippen LogP contribution in [0, 0.1) is 0 Å². The molecule has 2 N–H and O–H groups in total. The Morgan fingerprint density at radius 3 is 2.17 bits per heavy atom. The van der Waals surface area contributed by atoms with Gasteiger partial charge in [-0.05, 0) is 24.3 Å². The van der Waals surface area contributed by atoms with Crippen LogP contribution in [0.3, 0.4) is 0 Å². The van der Waals surface area contributed by atoms with Gasteiger partial charge in [0.25, 0.3) is 0 Å². The Hall–Kier alpha value is -0.640. The number of hydrogen-bond donors (Lipinski definition) is 1. The molecule has 18 heavy (non-hydrogen) atoms. The van der Waals surface area contributed by atoms with Gasteiger partial charge in [0.05, 0.1) is 27.7 Å². The van der Waals surface area contributed by atoms with Crippen LogP contribution < -0.4 is 23.0 Å². The minimum Gasteiger partial charge on any atom is -1.00 e. The van der Waals surface area contributed by atoms with Crippen molar-refractivity contribution >= 4 is 23.8 Å². The van der Waals surface area contributed by atoms with Crippen molar-refractivity contribution in [2.75, 3.05) is 44.9 Å². The van der Waals surface area contributed by atoms with E-state index in [0.717, 1.165) is 29.3 Å². The van der Waals surface area contributed by atoms with E-state index in [1.165, 1.54) is 12.1 Å². The van der Waals surface area contributed by atoms with E-state index < -0.39 is 0 Å². The van der Waals surface area contributed by atoms with Crippen molar-refractivity contribution in [1.29, 1.82) is 0 Å². The summed E-state index contributed by atoms with van der Waals surface area (Å²) in [7, 11) is 6.82. The average molecular weight is 292 g/mol. The minimum atomic E-state index is 0. The van der Waals surface area contributed by atoms with Crippen LogP contribution in [0.1, 0.15) is 6.42 Å². The molecule has 0 saturated carbocycles. The van der Waals surface area contributed by atoms with Gasteiger partial charge in [0.2, 0.25) is 0 Å². The van der Waals surface area contributed by atoms with Crippen LogP contribution in [0.2, 0.25) is 0 Å². The molecule has 0 aliphatic carbocycles. The summed E-state index contributed by atoms with van der Waals surface area (Å²) < 4.78 is 1.05. The highest BCUT2D eigenvalue weighted by molar-refractivity contribution is 5.85. The summed E-state index contributed by atoms with van der Waals surface area (Å²) in [5.74, 6) is 0. The number of nitrogen functional groups attached to an aromatic ring is 1. The quantitative estimate of drug-likeness (QED) is 0.558. The first-order valence-corrected chi connectivity index (χ1v) is 5.88. The summed E-state index contributed by atoms with van der Waals surface area (Å²) in [4.78, 5) is 2.45. The van der Waals surface area contributed by atoms with Gasteiger partial charge in [-0.15, -0.1) is 12.4 Å². The topological polar surface area (TPSA) is 29.3 Å². The molecule has 1 fully saturated rings. The fraction of sp³-hybridized carbons (Fsp3) is 0.538. The van der Waals surface area contributed by atoms with Crippen molar-refractivity contribution in [3.05, 3.63) is 24.3 Å². The van der Waals surface area contributed by atoms with Gasteiger partial charge in [0, 0.05) is 24.3 Å². The Bertz CT molecular complexity index is 359. The molecule has 0 amide bonds. The first kappa shape index (κ1) is 17.4. The van der Waals surface area contributed by atoms with Crippen LogP contribution in [-0.2, 0) is 0 Å². The van der Waals surface area contributed by atoms with Gasteiger partial charge in [0.1, 0.15) is 6.04 Å². The lowest BCUT2D eigenvalue weighted by atomic mass is 10.2. The van der Waals surface area contributed by atoms with Crippen LogP contribution in [-0.4, -0.2) is 44.8 Å². The minimum absolute atomic E-state index is 0. The smallest absolute Gasteiger partial charge is 0.108 e. The SMILES string of the molecule is C[N+](C)(C)C1CCN(c2ccc(N)cc2)C1.Cl.[Cl-]. The van der Waals surface area contributed by atoms with Crippen LogP contribution in [0.15, 0.2) is 24.3 Å². The van der Waals surface area contributed by atoms with Crippen molar-refractivity contribution < 1.29 is 16.9 Å². The van der Waals surface area contributed by atoms with E-state index in [0.29, 0.717) is 0 Å². The summed E-state index contributed by atoms with van der Waals surface area (Å²) in [5, 5.41) is 0. The second-order valence-corrected chi connectivity index (χ2v) is 5.60. The molecule has 0 bridgehead atoms. The number of likely N-dealkylation sites (N-methyl/N-ethyl adjacent to an activating group) is 1. The maximum atomic E-state index is 5.70. The maximum absolute atomic E-state index is 5.70. The number of nitrogens with two attached hydrogens (primary N) is 1. The highest BCUT2D eigenvalue weighted by Gasteiger charge is 2.32. The highest BCUT2D eigenvalue weighted by atomic mass is 35.5. The molecule has 0 aromatic heterocycles. The summed E-state index contributed by atoms with van der Waals surface area (Å²) in [6, 6.07) is 8.93. The van der Waals surface area contributed by atoms with E-state index in [-0.39, 0.29) is 24.8 Å². The van der Waals surface area contributed by atoms with Gasteiger partial charge < -0.3 is 27.5 Å². The van der Waals surface area contributed by atoms with Gasteiger partial charge in [-0.2, -0.15) is 0 Å². The van der Waals surface area contributed by atoms with Gasteiger partial charge in [0.15, 0.2) is 0 Å². The van der Waals surface area contributed by atoms with Crippen LogP contribution in [0.4, 0.5) is 11.4 Å². The molecule has 1 saturated heterocycles. The molecule has 1 heterocycles. The van der Waals surface area contributed by atoms with Crippen molar-refractivity contribution in [2.45, 2.75) is 12.5 Å². The van der Waals surface area contributed by atoms with Crippen molar-refractivity contribution in [3.63, 3.8) is 0 Å². The maximum Gasteiger partial charge on any atom is 0.108 e. The Labute approximate surface area is 122 Å². The van der Waals surface area contributed by atoms with Gasteiger partial charge >= 0.3 is 0 Å². The molecule has 1 aliphatic heterocycles. The number of nitrogens with zero attached hydrogens (tertiary/aromatic N) is 2. The lowest BCUT2D eigenvalue weighted by Crippen LogP contribution is -3.00. The summed E-state index contributed by atoms with van der Waals surface area (Å²) >= 11 is 0. The normalized spacial score (nSPS) is 19.1. The molecular formula is C13H23Cl2N3. The summed E-state index contributed by atoms with van der Waals surface area (Å²) in [6.45, 7) is 2.30. The Morgan fingerprint density at radius 1 is 1.17 bits per heavy atom. The standard InChI is InChI=1S/C13H22N3.2ClH/c1-16(2,3)13-8-9-15(10-13)12-6-4-11(14)5-7-12;;/h4-7,13H,8-10,14H2,1-3H3;2*1H/q+1;;/p-1. The number of anilines is 2. The van der Waals surface area contributed by atoms with E-state index in [9.17, 15) is 0 Å². The molecule has 1 aliphatic rings. The second-order valence-electron chi connectivity index (χ2n) is 5.60. The van der Waals surface area contributed by atoms with Crippen LogP contribution >= 0.6 is 12.4 Å². The predicted octanol–water partition coefficient (Wildman–Crippen LogP) is -1.02. The molecule has 1 aromatic carbocycles. The first-order chi connectivity index (χ1) is 7.47. The summed E-state index contributed by atoms with van der Waals surface area (Å²) in [6.07, 6.45) is 1.27. The highest BCUT2D eigenvalue weighted by Crippen LogP contribution is 2.24. The van der Waals surface area contributed by atoms with Crippen LogP contribution in [0.25, 0.3) is 0 Å². The van der Waals surface area contributed by atoms with E-state index in [1.807, 2.05) is 12.1 Å². The zero-order valence-electron chi connectivity index (χ0n) is 11.3. The lowest BCUT2D eigenvalue weighted by molar-refractivity contribution is -0.893. The third kappa shape index (κ3) is 3.94. The van der Waals surface area contributed by atoms with Crippen molar-refractivity contribution in [1.82, 2.24) is 0 Å². The van der Waals surface area contributed by atoms with Crippen molar-refractivity contribution in [3.8, 4) is 0 Å². The van der Waals surface area contributed by atoms with E-state index >= 15 is 0 Å². The zero-order chi connectivity index (χ0) is 11.8. The molecule has 3 nitrogen and oxygen atoms in total. The molecule has 1 atom stereocenters. The van der Waals surface area contributed by atoms with Gasteiger partial charge in [-0.3, -0.25) is 0 Å².